The Balaban J connectivity index is 0.00000208. The molecule has 2 fully saturated rings. The van der Waals surface area contributed by atoms with Gasteiger partial charge in [0, 0.05) is 32.2 Å². The Morgan fingerprint density at radius 3 is 2.21 bits per heavy atom. The molecule has 3 rings (SSSR count). The summed E-state index contributed by atoms with van der Waals surface area (Å²) in [6.07, 6.45) is 6.49. The predicted octanol–water partition coefficient (Wildman–Crippen LogP) is 4.24. The second kappa shape index (κ2) is 9.54. The van der Waals surface area contributed by atoms with Crippen LogP contribution < -0.4 is 10.1 Å². The normalized spacial score (nSPS) is 21.3. The van der Waals surface area contributed by atoms with Gasteiger partial charge in [-0.3, -0.25) is 4.90 Å². The third-order valence-corrected chi connectivity index (χ3v) is 5.09. The zero-order valence-corrected chi connectivity index (χ0v) is 14.7. The van der Waals surface area contributed by atoms with Crippen LogP contribution in [0.2, 0.25) is 0 Å². The first-order valence-corrected chi connectivity index (χ1v) is 8.73. The van der Waals surface area contributed by atoms with Gasteiger partial charge in [0.2, 0.25) is 0 Å². The summed E-state index contributed by atoms with van der Waals surface area (Å²) in [5, 5.41) is 3.41. The largest absolute Gasteiger partial charge is 0.435 e. The summed E-state index contributed by atoms with van der Waals surface area (Å²) in [5.74, 6) is 0.912. The molecule has 0 unspecified atom stereocenters. The monoisotopic (exact) mass is 360 g/mol. The molecule has 1 aliphatic carbocycles. The number of hydrogen-bond acceptors (Lipinski definition) is 3. The second-order valence-electron chi connectivity index (χ2n) is 6.58. The molecule has 0 aromatic heterocycles. The number of nitrogens with one attached hydrogen (secondary N) is 1. The molecule has 1 heterocycles. The highest BCUT2D eigenvalue weighted by Gasteiger charge is 2.30. The maximum atomic E-state index is 12.3. The maximum Gasteiger partial charge on any atom is 0.387 e. The predicted molar refractivity (Wildman–Crippen MR) is 94.1 cm³/mol. The van der Waals surface area contributed by atoms with Gasteiger partial charge in [-0.05, 0) is 36.5 Å². The van der Waals surface area contributed by atoms with Crippen LogP contribution in [0.5, 0.6) is 5.75 Å². The van der Waals surface area contributed by atoms with Crippen molar-refractivity contribution in [1.29, 1.82) is 0 Å². The lowest BCUT2D eigenvalue weighted by Crippen LogP contribution is -2.47. The molecule has 2 aliphatic rings. The molecule has 1 aromatic rings. The first-order chi connectivity index (χ1) is 11.2. The van der Waals surface area contributed by atoms with E-state index in [-0.39, 0.29) is 18.2 Å². The molecule has 136 valence electrons. The Morgan fingerprint density at radius 2 is 1.62 bits per heavy atom. The van der Waals surface area contributed by atoms with Crippen LogP contribution in [0.25, 0.3) is 0 Å². The van der Waals surface area contributed by atoms with Crippen molar-refractivity contribution in [2.45, 2.75) is 44.8 Å². The summed E-state index contributed by atoms with van der Waals surface area (Å²) in [6.45, 7) is 1.39. The van der Waals surface area contributed by atoms with Crippen LogP contribution in [0.15, 0.2) is 24.3 Å². The summed E-state index contributed by atoms with van der Waals surface area (Å²) < 4.78 is 29.1. The maximum absolute atomic E-state index is 12.3. The molecule has 1 atom stereocenters. The van der Waals surface area contributed by atoms with Crippen LogP contribution >= 0.6 is 12.4 Å². The highest BCUT2D eigenvalue weighted by Crippen LogP contribution is 2.39. The van der Waals surface area contributed by atoms with Gasteiger partial charge in [-0.15, -0.1) is 12.4 Å². The zero-order valence-electron chi connectivity index (χ0n) is 13.9. The van der Waals surface area contributed by atoms with E-state index in [9.17, 15) is 8.78 Å². The highest BCUT2D eigenvalue weighted by atomic mass is 35.5. The standard InChI is InChI=1S/C18H26F2N2O.ClH/c19-18(20)23-16-8-6-15(7-9-16)17(14-4-2-1-3-5-14)22-12-10-21-11-13-22;/h6-9,14,17-18,21H,1-5,10-13H2;1H/t17-;/m1./s1. The fourth-order valence-corrected chi connectivity index (χ4v) is 4.04. The van der Waals surface area contributed by atoms with Gasteiger partial charge in [0.05, 0.1) is 0 Å². The van der Waals surface area contributed by atoms with E-state index in [2.05, 4.69) is 15.0 Å². The van der Waals surface area contributed by atoms with Gasteiger partial charge in [0.25, 0.3) is 0 Å². The summed E-state index contributed by atoms with van der Waals surface area (Å²) in [7, 11) is 0. The average Bonchev–Trinajstić information content (AvgIpc) is 2.58. The smallest absolute Gasteiger partial charge is 0.387 e. The minimum atomic E-state index is -2.76. The Kier molecular flexibility index (Phi) is 7.72. The first kappa shape index (κ1) is 19.4. The van der Waals surface area contributed by atoms with Crippen molar-refractivity contribution in [2.75, 3.05) is 26.2 Å². The number of rotatable bonds is 5. The van der Waals surface area contributed by atoms with Crippen LogP contribution in [0, 0.1) is 5.92 Å². The number of halogens is 3. The van der Waals surface area contributed by atoms with Crippen molar-refractivity contribution in [3.05, 3.63) is 29.8 Å². The molecule has 24 heavy (non-hydrogen) atoms. The molecule has 3 nitrogen and oxygen atoms in total. The minimum absolute atomic E-state index is 0. The number of alkyl halides is 2. The molecule has 1 N–H and O–H groups in total. The lowest BCUT2D eigenvalue weighted by atomic mass is 9.80. The summed E-state index contributed by atoms with van der Waals surface area (Å²) in [6, 6.07) is 7.70. The average molecular weight is 361 g/mol. The first-order valence-electron chi connectivity index (χ1n) is 8.73. The van der Waals surface area contributed by atoms with Gasteiger partial charge < -0.3 is 10.1 Å². The molecule has 1 saturated heterocycles. The van der Waals surface area contributed by atoms with Gasteiger partial charge in [0.15, 0.2) is 0 Å². The van der Waals surface area contributed by atoms with E-state index < -0.39 is 6.61 Å². The van der Waals surface area contributed by atoms with Crippen molar-refractivity contribution in [3.63, 3.8) is 0 Å². The van der Waals surface area contributed by atoms with Gasteiger partial charge in [0.1, 0.15) is 5.75 Å². The van der Waals surface area contributed by atoms with E-state index in [1.54, 1.807) is 12.1 Å². The van der Waals surface area contributed by atoms with E-state index in [1.165, 1.54) is 37.7 Å². The quantitative estimate of drug-likeness (QED) is 0.850. The van der Waals surface area contributed by atoms with Crippen molar-refractivity contribution < 1.29 is 13.5 Å². The van der Waals surface area contributed by atoms with Gasteiger partial charge in [-0.2, -0.15) is 8.78 Å². The Morgan fingerprint density at radius 1 is 1.00 bits per heavy atom. The Labute approximate surface area is 149 Å². The number of benzene rings is 1. The molecular formula is C18H27ClF2N2O. The van der Waals surface area contributed by atoms with Crippen LogP contribution in [0.3, 0.4) is 0 Å². The van der Waals surface area contributed by atoms with Crippen molar-refractivity contribution in [1.82, 2.24) is 10.2 Å². The van der Waals surface area contributed by atoms with E-state index in [1.807, 2.05) is 12.1 Å². The van der Waals surface area contributed by atoms with Crippen LogP contribution in [0.4, 0.5) is 8.78 Å². The molecule has 1 aromatic carbocycles. The van der Waals surface area contributed by atoms with Gasteiger partial charge >= 0.3 is 6.61 Å². The number of hydrogen-bond donors (Lipinski definition) is 1. The van der Waals surface area contributed by atoms with Crippen molar-refractivity contribution in [3.8, 4) is 5.75 Å². The zero-order chi connectivity index (χ0) is 16.1. The molecule has 0 spiro atoms. The summed E-state index contributed by atoms with van der Waals surface area (Å²) in [5.41, 5.74) is 1.24. The lowest BCUT2D eigenvalue weighted by molar-refractivity contribution is -0.0498. The number of ether oxygens (including phenoxy) is 1. The molecular weight excluding hydrogens is 334 g/mol. The van der Waals surface area contributed by atoms with Crippen LogP contribution in [-0.2, 0) is 0 Å². The van der Waals surface area contributed by atoms with E-state index in [4.69, 9.17) is 0 Å². The number of nitrogens with zero attached hydrogens (tertiary/aromatic N) is 1. The van der Waals surface area contributed by atoms with Crippen LogP contribution in [0.1, 0.15) is 43.7 Å². The topological polar surface area (TPSA) is 24.5 Å². The molecule has 0 radical (unpaired) electrons. The minimum Gasteiger partial charge on any atom is -0.435 e. The van der Waals surface area contributed by atoms with Crippen molar-refractivity contribution in [2.24, 2.45) is 5.92 Å². The molecule has 0 bridgehead atoms. The fraction of sp³-hybridized carbons (Fsp3) is 0.667. The van der Waals surface area contributed by atoms with Gasteiger partial charge in [-0.1, -0.05) is 31.4 Å². The molecule has 1 aliphatic heterocycles. The highest BCUT2D eigenvalue weighted by molar-refractivity contribution is 5.85. The third-order valence-electron chi connectivity index (χ3n) is 5.09. The van der Waals surface area contributed by atoms with E-state index in [0.29, 0.717) is 12.0 Å². The molecule has 6 heteroatoms. The van der Waals surface area contributed by atoms with Crippen LogP contribution in [-0.4, -0.2) is 37.7 Å². The van der Waals surface area contributed by atoms with Gasteiger partial charge in [-0.25, -0.2) is 0 Å². The van der Waals surface area contributed by atoms with E-state index in [0.717, 1.165) is 26.2 Å². The third kappa shape index (κ3) is 5.04. The van der Waals surface area contributed by atoms with Crippen molar-refractivity contribution >= 4 is 12.4 Å². The molecule has 1 saturated carbocycles. The Bertz CT molecular complexity index is 456. The Hall–Kier alpha value is -0.910. The summed E-state index contributed by atoms with van der Waals surface area (Å²) >= 11 is 0. The van der Waals surface area contributed by atoms with E-state index >= 15 is 0 Å². The molecule has 0 amide bonds. The fourth-order valence-electron chi connectivity index (χ4n) is 4.04. The summed E-state index contributed by atoms with van der Waals surface area (Å²) in [4.78, 5) is 2.56. The number of piperazine rings is 1. The second-order valence-corrected chi connectivity index (χ2v) is 6.58. The lowest BCUT2D eigenvalue weighted by Gasteiger charge is -2.41. The SMILES string of the molecule is Cl.FC(F)Oc1ccc([C@@H](C2CCCCC2)N2CCNCC2)cc1.